The first-order valence-electron chi connectivity index (χ1n) is 13.4. The van der Waals surface area contributed by atoms with Crippen molar-refractivity contribution in [3.63, 3.8) is 0 Å². The van der Waals surface area contributed by atoms with Crippen LogP contribution < -0.4 is 0 Å². The summed E-state index contributed by atoms with van der Waals surface area (Å²) in [6.45, 7) is 10.5. The van der Waals surface area contributed by atoms with E-state index in [1.54, 1.807) is 4.90 Å². The molecular formula is C28H35BrF3N5O2. The van der Waals surface area contributed by atoms with Gasteiger partial charge in [0, 0.05) is 29.0 Å². The van der Waals surface area contributed by atoms with E-state index in [0.29, 0.717) is 25.6 Å². The van der Waals surface area contributed by atoms with Crippen LogP contribution in [0.25, 0.3) is 0 Å². The van der Waals surface area contributed by atoms with Gasteiger partial charge in [0.25, 0.3) is 5.91 Å². The van der Waals surface area contributed by atoms with Crippen LogP contribution in [-0.4, -0.2) is 69.7 Å². The highest BCUT2D eigenvalue weighted by Crippen LogP contribution is 2.35. The molecule has 7 nitrogen and oxygen atoms in total. The van der Waals surface area contributed by atoms with Crippen LogP contribution in [0.5, 0.6) is 0 Å². The number of halogens is 4. The Morgan fingerprint density at radius 2 is 1.64 bits per heavy atom. The molecule has 212 valence electrons. The Hall–Kier alpha value is -2.53. The zero-order valence-corrected chi connectivity index (χ0v) is 24.4. The maximum Gasteiger partial charge on any atom is 0.451 e. The van der Waals surface area contributed by atoms with E-state index in [4.69, 9.17) is 4.84 Å². The average Bonchev–Trinajstić information content (AvgIpc) is 2.89. The molecule has 2 aliphatic rings. The number of hydrogen-bond acceptors (Lipinski definition) is 6. The monoisotopic (exact) mass is 609 g/mol. The van der Waals surface area contributed by atoms with Crippen LogP contribution in [0.3, 0.4) is 0 Å². The number of oxime groups is 1. The number of likely N-dealkylation sites (tertiary alicyclic amines) is 2. The van der Waals surface area contributed by atoms with E-state index in [0.717, 1.165) is 54.5 Å². The summed E-state index contributed by atoms with van der Waals surface area (Å²) >= 11 is 3.49. The van der Waals surface area contributed by atoms with Crippen LogP contribution in [0, 0.1) is 19.8 Å². The van der Waals surface area contributed by atoms with Crippen molar-refractivity contribution in [3.05, 3.63) is 57.1 Å². The van der Waals surface area contributed by atoms with Crippen molar-refractivity contribution in [2.45, 2.75) is 65.1 Å². The standard InChI is InChI=1S/C28H35BrF3N5O2/c1-5-39-35-24(20-6-8-22(29)9-7-20)21-10-14-37(15-11-21)27(4)12-16-36(17-13-27)25(38)23-18(2)33-26(28(30,31)32)34-19(23)3/h6-9,21H,5,10-17H2,1-4H3/b35-24+. The number of alkyl halides is 3. The molecule has 1 aromatic heterocycles. The Balaban J connectivity index is 1.39. The van der Waals surface area contributed by atoms with Gasteiger partial charge in [0.1, 0.15) is 6.61 Å². The number of carbonyl (C=O) groups excluding carboxylic acids is 1. The number of piperidine rings is 2. The molecule has 0 radical (unpaired) electrons. The van der Waals surface area contributed by atoms with Crippen LogP contribution in [-0.2, 0) is 11.0 Å². The van der Waals surface area contributed by atoms with Crippen LogP contribution in [0.4, 0.5) is 13.2 Å². The number of rotatable bonds is 6. The van der Waals surface area contributed by atoms with Crippen molar-refractivity contribution in [2.24, 2.45) is 11.1 Å². The Kier molecular flexibility index (Phi) is 9.00. The molecule has 2 saturated heterocycles. The molecule has 0 spiro atoms. The van der Waals surface area contributed by atoms with E-state index in [2.05, 4.69) is 55.0 Å². The summed E-state index contributed by atoms with van der Waals surface area (Å²) in [5.41, 5.74) is 2.29. The van der Waals surface area contributed by atoms with Crippen LogP contribution in [0.2, 0.25) is 0 Å². The third-order valence-electron chi connectivity index (χ3n) is 7.94. The Morgan fingerprint density at radius 1 is 1.08 bits per heavy atom. The van der Waals surface area contributed by atoms with Gasteiger partial charge in [0.15, 0.2) is 0 Å². The van der Waals surface area contributed by atoms with Crippen LogP contribution in [0.15, 0.2) is 33.9 Å². The highest BCUT2D eigenvalue weighted by molar-refractivity contribution is 9.10. The smallest absolute Gasteiger partial charge is 0.396 e. The van der Waals surface area contributed by atoms with E-state index >= 15 is 0 Å². The average molecular weight is 611 g/mol. The van der Waals surface area contributed by atoms with Gasteiger partial charge in [-0.1, -0.05) is 33.2 Å². The number of hydrogen-bond donors (Lipinski definition) is 0. The normalized spacial score (nSPS) is 19.3. The second kappa shape index (κ2) is 11.9. The lowest BCUT2D eigenvalue weighted by molar-refractivity contribution is -0.145. The van der Waals surface area contributed by atoms with Crippen LogP contribution in [0.1, 0.15) is 72.7 Å². The Morgan fingerprint density at radius 3 is 2.15 bits per heavy atom. The summed E-state index contributed by atoms with van der Waals surface area (Å²) in [5, 5.41) is 4.48. The van der Waals surface area contributed by atoms with Gasteiger partial charge in [-0.15, -0.1) is 0 Å². The Labute approximate surface area is 235 Å². The number of aromatic nitrogens is 2. The molecule has 1 aromatic carbocycles. The second-order valence-corrected chi connectivity index (χ2v) is 11.5. The van der Waals surface area contributed by atoms with Crippen molar-refractivity contribution >= 4 is 27.5 Å². The highest BCUT2D eigenvalue weighted by Gasteiger charge is 2.41. The summed E-state index contributed by atoms with van der Waals surface area (Å²) in [6.07, 6.45) is -1.15. The first kappa shape index (κ1) is 29.5. The first-order valence-corrected chi connectivity index (χ1v) is 14.1. The molecule has 2 fully saturated rings. The second-order valence-electron chi connectivity index (χ2n) is 10.5. The molecule has 0 aliphatic carbocycles. The van der Waals surface area contributed by atoms with Crippen molar-refractivity contribution in [1.82, 2.24) is 19.8 Å². The van der Waals surface area contributed by atoms with Gasteiger partial charge in [-0.05, 0) is 84.2 Å². The number of aryl methyl sites for hydroxylation is 2. The maximum atomic E-state index is 13.3. The zero-order valence-electron chi connectivity index (χ0n) is 22.8. The summed E-state index contributed by atoms with van der Waals surface area (Å²) < 4.78 is 40.3. The molecule has 2 aromatic rings. The molecule has 0 atom stereocenters. The van der Waals surface area contributed by atoms with E-state index < -0.39 is 12.0 Å². The molecule has 39 heavy (non-hydrogen) atoms. The number of carbonyl (C=O) groups is 1. The quantitative estimate of drug-likeness (QED) is 0.296. The molecule has 0 N–H and O–H groups in total. The van der Waals surface area contributed by atoms with Gasteiger partial charge in [0.05, 0.1) is 22.7 Å². The fraction of sp³-hybridized carbons (Fsp3) is 0.571. The molecular weight excluding hydrogens is 575 g/mol. The SMILES string of the molecule is CCO/N=C(\c1ccc(Br)cc1)C1CCN(C2(C)CCN(C(=O)c3c(C)nc(C(F)(F)F)nc3C)CC2)CC1. The molecule has 0 unspecified atom stereocenters. The minimum atomic E-state index is -4.65. The van der Waals surface area contributed by atoms with Gasteiger partial charge >= 0.3 is 6.18 Å². The third-order valence-corrected chi connectivity index (χ3v) is 8.47. The first-order chi connectivity index (χ1) is 18.4. The van der Waals surface area contributed by atoms with Crippen molar-refractivity contribution in [3.8, 4) is 0 Å². The fourth-order valence-electron chi connectivity index (χ4n) is 5.63. The van der Waals surface area contributed by atoms with E-state index in [9.17, 15) is 18.0 Å². The predicted octanol–water partition coefficient (Wildman–Crippen LogP) is 6.02. The lowest BCUT2D eigenvalue weighted by Crippen LogP contribution is -2.56. The summed E-state index contributed by atoms with van der Waals surface area (Å²) in [7, 11) is 0. The number of nitrogens with zero attached hydrogens (tertiary/aromatic N) is 5. The molecule has 3 heterocycles. The zero-order chi connectivity index (χ0) is 28.4. The van der Waals surface area contributed by atoms with Gasteiger partial charge in [-0.2, -0.15) is 13.2 Å². The minimum Gasteiger partial charge on any atom is -0.396 e. The van der Waals surface area contributed by atoms with Crippen molar-refractivity contribution in [2.75, 3.05) is 32.8 Å². The fourth-order valence-corrected chi connectivity index (χ4v) is 5.89. The number of benzene rings is 1. The molecule has 1 amide bonds. The molecule has 4 rings (SSSR count). The lowest BCUT2D eigenvalue weighted by Gasteiger charge is -2.49. The number of amides is 1. The van der Waals surface area contributed by atoms with E-state index in [-0.39, 0.29) is 28.4 Å². The lowest BCUT2D eigenvalue weighted by atomic mass is 9.82. The van der Waals surface area contributed by atoms with E-state index in [1.807, 2.05) is 19.1 Å². The summed E-state index contributed by atoms with van der Waals surface area (Å²) in [6, 6.07) is 8.16. The Bertz CT molecular complexity index is 1180. The molecule has 2 aliphatic heterocycles. The summed E-state index contributed by atoms with van der Waals surface area (Å²) in [4.78, 5) is 30.1. The molecule has 0 saturated carbocycles. The van der Waals surface area contributed by atoms with Crippen molar-refractivity contribution in [1.29, 1.82) is 0 Å². The predicted molar refractivity (Wildman–Crippen MR) is 147 cm³/mol. The van der Waals surface area contributed by atoms with E-state index in [1.165, 1.54) is 13.8 Å². The largest absolute Gasteiger partial charge is 0.451 e. The topological polar surface area (TPSA) is 70.9 Å². The third kappa shape index (κ3) is 6.62. The van der Waals surface area contributed by atoms with Gasteiger partial charge in [-0.3, -0.25) is 9.69 Å². The molecule has 0 bridgehead atoms. The maximum absolute atomic E-state index is 13.3. The van der Waals surface area contributed by atoms with Gasteiger partial charge < -0.3 is 9.74 Å². The van der Waals surface area contributed by atoms with Gasteiger partial charge in [0.2, 0.25) is 5.82 Å². The molecule has 11 heteroatoms. The summed E-state index contributed by atoms with van der Waals surface area (Å²) in [5.74, 6) is -1.21. The van der Waals surface area contributed by atoms with Gasteiger partial charge in [-0.25, -0.2) is 9.97 Å². The minimum absolute atomic E-state index is 0.0582. The highest BCUT2D eigenvalue weighted by atomic mass is 79.9. The van der Waals surface area contributed by atoms with Crippen LogP contribution >= 0.6 is 15.9 Å². The van der Waals surface area contributed by atoms with Crippen molar-refractivity contribution < 1.29 is 22.8 Å².